The van der Waals surface area contributed by atoms with Gasteiger partial charge in [-0.05, 0) is 6.08 Å². The molecule has 2 rings (SSSR count). The molecular weight excluding hydrogens is 188 g/mol. The molecule has 1 atom stereocenters. The Morgan fingerprint density at radius 3 is 2.79 bits per heavy atom. The summed E-state index contributed by atoms with van der Waals surface area (Å²) < 4.78 is 4.83. The number of ether oxygens (including phenoxy) is 1. The minimum atomic E-state index is -1.20. The van der Waals surface area contributed by atoms with Gasteiger partial charge in [0.1, 0.15) is 0 Å². The molecule has 0 aromatic carbocycles. The van der Waals surface area contributed by atoms with Gasteiger partial charge in [0.15, 0.2) is 0 Å². The van der Waals surface area contributed by atoms with Crippen LogP contribution in [0.25, 0.3) is 0 Å². The van der Waals surface area contributed by atoms with Crippen LogP contribution in [0.2, 0.25) is 0 Å². The predicted molar refractivity (Wildman–Crippen MR) is 42.4 cm³/mol. The maximum Gasteiger partial charge on any atom is 0.281 e. The third-order valence-electron chi connectivity index (χ3n) is 1.92. The molecule has 1 unspecified atom stereocenters. The van der Waals surface area contributed by atoms with Gasteiger partial charge in [-0.25, -0.2) is 0 Å². The molecule has 2 heterocycles. The van der Waals surface area contributed by atoms with Crippen LogP contribution in [-0.2, 0) is 19.1 Å². The van der Waals surface area contributed by atoms with Crippen molar-refractivity contribution in [1.82, 2.24) is 5.32 Å². The maximum atomic E-state index is 11.2. The van der Waals surface area contributed by atoms with Crippen molar-refractivity contribution in [3.05, 3.63) is 23.5 Å². The molecule has 0 saturated heterocycles. The minimum absolute atomic E-state index is 0.0648. The highest BCUT2D eigenvalue weighted by molar-refractivity contribution is 6.22. The molecule has 0 spiro atoms. The van der Waals surface area contributed by atoms with Gasteiger partial charge in [0, 0.05) is 0 Å². The number of rotatable bonds is 1. The number of carbonyl (C=O) groups is 3. The first kappa shape index (κ1) is 8.49. The Morgan fingerprint density at radius 2 is 2.14 bits per heavy atom. The van der Waals surface area contributed by atoms with E-state index in [1.165, 1.54) is 6.08 Å². The molecule has 2 N–H and O–H groups in total. The van der Waals surface area contributed by atoms with E-state index in [1.54, 1.807) is 0 Å². The lowest BCUT2D eigenvalue weighted by Gasteiger charge is -2.15. The summed E-state index contributed by atoms with van der Waals surface area (Å²) in [6, 6.07) is 0. The van der Waals surface area contributed by atoms with E-state index in [4.69, 9.17) is 10.5 Å². The molecule has 71 valence electrons. The first-order valence-electron chi connectivity index (χ1n) is 3.77. The van der Waals surface area contributed by atoms with Crippen LogP contribution in [0.3, 0.4) is 0 Å². The largest absolute Gasteiger partial charge is 0.483 e. The number of primary amides is 1. The lowest BCUT2D eigenvalue weighted by Crippen LogP contribution is -2.35. The van der Waals surface area contributed by atoms with E-state index in [0.29, 0.717) is 0 Å². The van der Waals surface area contributed by atoms with Crippen LogP contribution in [-0.4, -0.2) is 23.8 Å². The van der Waals surface area contributed by atoms with E-state index in [2.05, 4.69) is 5.32 Å². The Bertz CT molecular complexity index is 408. The molecule has 0 saturated carbocycles. The maximum absolute atomic E-state index is 11.2. The SMILES string of the molecule is NC(=O)C1OC=CC2=C1C(=O)[N]C2=O. The normalized spacial score (nSPS) is 24.4. The van der Waals surface area contributed by atoms with Crippen LogP contribution in [0.15, 0.2) is 23.5 Å². The Hall–Kier alpha value is -2.11. The van der Waals surface area contributed by atoms with Gasteiger partial charge >= 0.3 is 0 Å². The molecule has 0 bridgehead atoms. The number of carbonyl (C=O) groups excluding carboxylic acids is 3. The van der Waals surface area contributed by atoms with Gasteiger partial charge in [0.25, 0.3) is 17.7 Å². The fourth-order valence-corrected chi connectivity index (χ4v) is 1.32. The molecule has 1 radical (unpaired) electrons. The van der Waals surface area contributed by atoms with Crippen molar-refractivity contribution in [2.75, 3.05) is 0 Å². The zero-order valence-electron chi connectivity index (χ0n) is 6.89. The summed E-state index contributed by atoms with van der Waals surface area (Å²) in [5.74, 6) is -2.23. The second-order valence-corrected chi connectivity index (χ2v) is 2.77. The zero-order valence-corrected chi connectivity index (χ0v) is 6.89. The number of imide groups is 1. The van der Waals surface area contributed by atoms with E-state index in [-0.39, 0.29) is 11.1 Å². The number of hydrogen-bond acceptors (Lipinski definition) is 4. The lowest BCUT2D eigenvalue weighted by molar-refractivity contribution is -0.129. The van der Waals surface area contributed by atoms with Crippen LogP contribution in [0.1, 0.15) is 0 Å². The summed E-state index contributed by atoms with van der Waals surface area (Å²) in [7, 11) is 0. The number of hydrogen-bond donors (Lipinski definition) is 1. The monoisotopic (exact) mass is 193 g/mol. The van der Waals surface area contributed by atoms with E-state index in [9.17, 15) is 14.4 Å². The average Bonchev–Trinajstić information content (AvgIpc) is 2.43. The summed E-state index contributed by atoms with van der Waals surface area (Å²) in [6.07, 6.45) is 1.25. The van der Waals surface area contributed by atoms with Gasteiger partial charge in [-0.1, -0.05) is 0 Å². The highest BCUT2D eigenvalue weighted by atomic mass is 16.5. The van der Waals surface area contributed by atoms with E-state index >= 15 is 0 Å². The summed E-state index contributed by atoms with van der Waals surface area (Å²) in [5.41, 5.74) is 5.02. The van der Waals surface area contributed by atoms with Crippen molar-refractivity contribution in [3.8, 4) is 0 Å². The second kappa shape index (κ2) is 2.69. The van der Waals surface area contributed by atoms with Gasteiger partial charge in [0.05, 0.1) is 17.4 Å². The van der Waals surface area contributed by atoms with Gasteiger partial charge in [-0.15, -0.1) is 0 Å². The van der Waals surface area contributed by atoms with Crippen molar-refractivity contribution >= 4 is 17.7 Å². The topological polar surface area (TPSA) is 101 Å². The first-order valence-corrected chi connectivity index (χ1v) is 3.77. The van der Waals surface area contributed by atoms with Gasteiger partial charge in [-0.2, -0.15) is 5.32 Å². The van der Waals surface area contributed by atoms with Crippen molar-refractivity contribution in [1.29, 1.82) is 0 Å². The highest BCUT2D eigenvalue weighted by Gasteiger charge is 2.40. The summed E-state index contributed by atoms with van der Waals surface area (Å²) in [6.45, 7) is 0. The Kier molecular flexibility index (Phi) is 1.63. The van der Waals surface area contributed by atoms with Crippen LogP contribution in [0, 0.1) is 0 Å². The summed E-state index contributed by atoms with van der Waals surface area (Å²) in [4.78, 5) is 33.1. The second-order valence-electron chi connectivity index (χ2n) is 2.77. The van der Waals surface area contributed by atoms with E-state index in [0.717, 1.165) is 6.26 Å². The number of amides is 3. The van der Waals surface area contributed by atoms with Crippen LogP contribution in [0.5, 0.6) is 0 Å². The molecular formula is C8H5N2O4. The molecule has 0 aliphatic carbocycles. The molecule has 6 heteroatoms. The molecule has 0 aromatic heterocycles. The van der Waals surface area contributed by atoms with E-state index < -0.39 is 23.8 Å². The van der Waals surface area contributed by atoms with Gasteiger partial charge < -0.3 is 10.5 Å². The number of nitrogens with two attached hydrogens (primary N) is 1. The van der Waals surface area contributed by atoms with Crippen LogP contribution >= 0.6 is 0 Å². The minimum Gasteiger partial charge on any atom is -0.483 e. The van der Waals surface area contributed by atoms with Crippen molar-refractivity contribution < 1.29 is 19.1 Å². The number of nitrogens with zero attached hydrogens (tertiary/aromatic N) is 1. The smallest absolute Gasteiger partial charge is 0.281 e. The Labute approximate surface area is 78.4 Å². The third-order valence-corrected chi connectivity index (χ3v) is 1.92. The van der Waals surface area contributed by atoms with Crippen LogP contribution in [0.4, 0.5) is 0 Å². The summed E-state index contributed by atoms with van der Waals surface area (Å²) >= 11 is 0. The van der Waals surface area contributed by atoms with Gasteiger partial charge in [-0.3, -0.25) is 14.4 Å². The molecule has 2 aliphatic rings. The third kappa shape index (κ3) is 1.00. The van der Waals surface area contributed by atoms with Crippen molar-refractivity contribution in [2.24, 2.45) is 5.73 Å². The predicted octanol–water partition coefficient (Wildman–Crippen LogP) is -1.65. The first-order chi connectivity index (χ1) is 6.61. The molecule has 0 fully saturated rings. The average molecular weight is 193 g/mol. The fourth-order valence-electron chi connectivity index (χ4n) is 1.32. The molecule has 2 aliphatic heterocycles. The van der Waals surface area contributed by atoms with Crippen molar-refractivity contribution in [2.45, 2.75) is 6.10 Å². The summed E-state index contributed by atoms with van der Waals surface area (Å²) in [5, 5.41) is 3.18. The van der Waals surface area contributed by atoms with Crippen LogP contribution < -0.4 is 11.1 Å². The zero-order chi connectivity index (χ0) is 10.3. The molecule has 3 amide bonds. The fraction of sp³-hybridized carbons (Fsp3) is 0.125. The van der Waals surface area contributed by atoms with Crippen molar-refractivity contribution in [3.63, 3.8) is 0 Å². The quantitative estimate of drug-likeness (QED) is 0.504. The highest BCUT2D eigenvalue weighted by Crippen LogP contribution is 2.24. The molecule has 14 heavy (non-hydrogen) atoms. The lowest BCUT2D eigenvalue weighted by atomic mass is 10.0. The molecule has 6 nitrogen and oxygen atoms in total. The standard InChI is InChI=1S/C8H5N2O4/c9-6(11)5-4-3(1-2-14-5)7(12)10-8(4)13/h1-2,5H,(H2,9,11). The van der Waals surface area contributed by atoms with E-state index in [1.807, 2.05) is 0 Å². The molecule has 0 aromatic rings. The Morgan fingerprint density at radius 1 is 1.43 bits per heavy atom. The Balaban J connectivity index is 2.50. The van der Waals surface area contributed by atoms with Gasteiger partial charge in [0.2, 0.25) is 6.10 Å².